The van der Waals surface area contributed by atoms with Gasteiger partial charge >= 0.3 is 0 Å². The Balaban J connectivity index is 0.00000242. The number of phenolic OH excluding ortho intramolecular Hbond substituents is 1. The zero-order valence-electron chi connectivity index (χ0n) is 13.3. The van der Waals surface area contributed by atoms with Crippen LogP contribution in [0.4, 0.5) is 0 Å². The molecule has 1 unspecified atom stereocenters. The number of hydrogen-bond donors (Lipinski definition) is 3. The van der Waals surface area contributed by atoms with Crippen LogP contribution in [0.1, 0.15) is 32.3 Å². The Bertz CT molecular complexity index is 471. The van der Waals surface area contributed by atoms with Gasteiger partial charge in [0.05, 0.1) is 12.1 Å². The van der Waals surface area contributed by atoms with Crippen LogP contribution in [0.3, 0.4) is 0 Å². The third kappa shape index (κ3) is 6.00. The molecular weight excluding hydrogens is 393 g/mol. The van der Waals surface area contributed by atoms with Crippen LogP contribution >= 0.6 is 24.0 Å². The number of rotatable bonds is 5. The van der Waals surface area contributed by atoms with Gasteiger partial charge in [0, 0.05) is 19.7 Å². The Morgan fingerprint density at radius 3 is 2.64 bits per heavy atom. The Kier molecular flexibility index (Phi) is 7.95. The molecule has 0 spiro atoms. The lowest BCUT2D eigenvalue weighted by Gasteiger charge is -2.24. The highest BCUT2D eigenvalue weighted by molar-refractivity contribution is 14.0. The van der Waals surface area contributed by atoms with Crippen molar-refractivity contribution in [2.45, 2.75) is 38.8 Å². The maximum atomic E-state index is 9.28. The zero-order chi connectivity index (χ0) is 15.1. The maximum Gasteiger partial charge on any atom is 0.191 e. The first-order valence-corrected chi connectivity index (χ1v) is 7.55. The predicted octanol–water partition coefficient (Wildman–Crippen LogP) is 2.63. The number of guanidine groups is 1. The first-order chi connectivity index (χ1) is 10.1. The van der Waals surface area contributed by atoms with Gasteiger partial charge in [0.25, 0.3) is 0 Å². The Morgan fingerprint density at radius 1 is 1.32 bits per heavy atom. The van der Waals surface area contributed by atoms with Crippen LogP contribution in [-0.4, -0.2) is 36.4 Å². The molecule has 2 rings (SSSR count). The molecular formula is C16H26IN3O2. The second kappa shape index (κ2) is 9.19. The van der Waals surface area contributed by atoms with Gasteiger partial charge in [0.15, 0.2) is 5.96 Å². The van der Waals surface area contributed by atoms with E-state index in [1.54, 1.807) is 12.1 Å². The summed E-state index contributed by atoms with van der Waals surface area (Å²) in [7, 11) is 0. The quantitative estimate of drug-likeness (QED) is 0.390. The first kappa shape index (κ1) is 19.0. The molecule has 1 heterocycles. The van der Waals surface area contributed by atoms with Crippen molar-refractivity contribution in [3.05, 3.63) is 29.8 Å². The van der Waals surface area contributed by atoms with E-state index in [4.69, 9.17) is 4.74 Å². The number of phenols is 1. The number of hydrogen-bond acceptors (Lipinski definition) is 3. The largest absolute Gasteiger partial charge is 0.508 e. The molecule has 1 aliphatic rings. The number of aromatic hydroxyl groups is 1. The smallest absolute Gasteiger partial charge is 0.191 e. The molecule has 1 atom stereocenters. The fourth-order valence-corrected chi connectivity index (χ4v) is 2.36. The van der Waals surface area contributed by atoms with E-state index in [-0.39, 0.29) is 35.3 Å². The van der Waals surface area contributed by atoms with E-state index in [0.29, 0.717) is 6.54 Å². The molecule has 0 bridgehead atoms. The summed E-state index contributed by atoms with van der Waals surface area (Å²) in [5, 5.41) is 15.9. The fraction of sp³-hybridized carbons (Fsp3) is 0.562. The van der Waals surface area contributed by atoms with Crippen LogP contribution in [0.5, 0.6) is 5.75 Å². The molecule has 0 radical (unpaired) electrons. The maximum absolute atomic E-state index is 9.28. The first-order valence-electron chi connectivity index (χ1n) is 7.55. The SMILES string of the molecule is CCNC(=NCc1ccc(O)cc1)NCC1(C)CCCO1.I. The predicted molar refractivity (Wildman–Crippen MR) is 99.9 cm³/mol. The van der Waals surface area contributed by atoms with Crippen LogP contribution in [-0.2, 0) is 11.3 Å². The highest BCUT2D eigenvalue weighted by Gasteiger charge is 2.29. The van der Waals surface area contributed by atoms with E-state index < -0.39 is 0 Å². The Labute approximate surface area is 149 Å². The van der Waals surface area contributed by atoms with Gasteiger partial charge in [-0.25, -0.2) is 4.99 Å². The monoisotopic (exact) mass is 419 g/mol. The van der Waals surface area contributed by atoms with E-state index in [9.17, 15) is 5.11 Å². The minimum absolute atomic E-state index is 0. The number of aliphatic imine (C=N–C) groups is 1. The summed E-state index contributed by atoms with van der Waals surface area (Å²) >= 11 is 0. The molecule has 22 heavy (non-hydrogen) atoms. The number of halogens is 1. The molecule has 0 aliphatic carbocycles. The van der Waals surface area contributed by atoms with Crippen LogP contribution in [0, 0.1) is 0 Å². The molecule has 1 aromatic carbocycles. The van der Waals surface area contributed by atoms with Crippen molar-refractivity contribution in [2.75, 3.05) is 19.7 Å². The van der Waals surface area contributed by atoms with Crippen LogP contribution in [0.2, 0.25) is 0 Å². The van der Waals surface area contributed by atoms with E-state index in [0.717, 1.165) is 44.1 Å². The average molecular weight is 419 g/mol. The summed E-state index contributed by atoms with van der Waals surface area (Å²) in [4.78, 5) is 4.56. The number of benzene rings is 1. The van der Waals surface area contributed by atoms with E-state index in [2.05, 4.69) is 22.5 Å². The van der Waals surface area contributed by atoms with Crippen LogP contribution < -0.4 is 10.6 Å². The third-order valence-electron chi connectivity index (χ3n) is 3.63. The lowest BCUT2D eigenvalue weighted by atomic mass is 10.0. The normalized spacial score (nSPS) is 21.3. The topological polar surface area (TPSA) is 65.9 Å². The van der Waals surface area contributed by atoms with Gasteiger partial charge in [-0.05, 0) is 44.4 Å². The van der Waals surface area contributed by atoms with Gasteiger partial charge < -0.3 is 20.5 Å². The summed E-state index contributed by atoms with van der Waals surface area (Å²) in [6, 6.07) is 7.12. The average Bonchev–Trinajstić information content (AvgIpc) is 2.91. The highest BCUT2D eigenvalue weighted by atomic mass is 127. The van der Waals surface area contributed by atoms with Gasteiger partial charge in [-0.1, -0.05) is 12.1 Å². The van der Waals surface area contributed by atoms with Crippen molar-refractivity contribution in [3.8, 4) is 5.75 Å². The van der Waals surface area contributed by atoms with Gasteiger partial charge in [-0.15, -0.1) is 24.0 Å². The second-order valence-electron chi connectivity index (χ2n) is 5.62. The molecule has 3 N–H and O–H groups in total. The van der Waals surface area contributed by atoms with Crippen molar-refractivity contribution in [2.24, 2.45) is 4.99 Å². The van der Waals surface area contributed by atoms with Gasteiger partial charge in [0.2, 0.25) is 0 Å². The molecule has 5 nitrogen and oxygen atoms in total. The molecule has 1 aliphatic heterocycles. The number of ether oxygens (including phenoxy) is 1. The molecule has 124 valence electrons. The summed E-state index contributed by atoms with van der Waals surface area (Å²) < 4.78 is 5.77. The summed E-state index contributed by atoms with van der Waals surface area (Å²) in [5.74, 6) is 1.07. The van der Waals surface area contributed by atoms with E-state index in [1.807, 2.05) is 19.1 Å². The third-order valence-corrected chi connectivity index (χ3v) is 3.63. The van der Waals surface area contributed by atoms with Crippen LogP contribution in [0.25, 0.3) is 0 Å². The van der Waals surface area contributed by atoms with Crippen molar-refractivity contribution in [1.29, 1.82) is 0 Å². The standard InChI is InChI=1S/C16H25N3O2.HI/c1-3-17-15(19-12-16(2)9-4-10-21-16)18-11-13-5-7-14(20)8-6-13;/h5-8,20H,3-4,9-12H2,1-2H3,(H2,17,18,19);1H. The summed E-state index contributed by atoms with van der Waals surface area (Å²) in [5.41, 5.74) is 0.975. The molecule has 1 fully saturated rings. The van der Waals surface area contributed by atoms with Gasteiger partial charge in [-0.3, -0.25) is 0 Å². The van der Waals surface area contributed by atoms with Gasteiger partial charge in [0.1, 0.15) is 5.75 Å². The lowest BCUT2D eigenvalue weighted by Crippen LogP contribution is -2.45. The lowest BCUT2D eigenvalue weighted by molar-refractivity contribution is 0.0243. The zero-order valence-corrected chi connectivity index (χ0v) is 15.6. The number of nitrogens with one attached hydrogen (secondary N) is 2. The van der Waals surface area contributed by atoms with Crippen LogP contribution in [0.15, 0.2) is 29.3 Å². The van der Waals surface area contributed by atoms with E-state index in [1.165, 1.54) is 0 Å². The molecule has 0 saturated carbocycles. The van der Waals surface area contributed by atoms with E-state index >= 15 is 0 Å². The Morgan fingerprint density at radius 2 is 2.05 bits per heavy atom. The van der Waals surface area contributed by atoms with Gasteiger partial charge in [-0.2, -0.15) is 0 Å². The molecule has 6 heteroatoms. The fourth-order valence-electron chi connectivity index (χ4n) is 2.36. The molecule has 1 saturated heterocycles. The molecule has 0 aromatic heterocycles. The minimum Gasteiger partial charge on any atom is -0.508 e. The Hall–Kier alpha value is -1.02. The summed E-state index contributed by atoms with van der Waals surface area (Å²) in [6.45, 7) is 7.18. The van der Waals surface area contributed by atoms with Crippen molar-refractivity contribution < 1.29 is 9.84 Å². The van der Waals surface area contributed by atoms with Crippen molar-refractivity contribution in [1.82, 2.24) is 10.6 Å². The van der Waals surface area contributed by atoms with Crippen molar-refractivity contribution >= 4 is 29.9 Å². The minimum atomic E-state index is -0.0886. The summed E-state index contributed by atoms with van der Waals surface area (Å²) in [6.07, 6.45) is 2.21. The number of nitrogens with zero attached hydrogens (tertiary/aromatic N) is 1. The molecule has 1 aromatic rings. The van der Waals surface area contributed by atoms with Crippen molar-refractivity contribution in [3.63, 3.8) is 0 Å². The molecule has 0 amide bonds. The second-order valence-corrected chi connectivity index (χ2v) is 5.62. The highest BCUT2D eigenvalue weighted by Crippen LogP contribution is 2.23.